The molecule has 0 heterocycles. The third-order valence-corrected chi connectivity index (χ3v) is 3.13. The summed E-state index contributed by atoms with van der Waals surface area (Å²) in [5, 5.41) is 19.9. The number of nitrogens with zero attached hydrogens (tertiary/aromatic N) is 2. The highest BCUT2D eigenvalue weighted by molar-refractivity contribution is 6.15. The zero-order valence-electron chi connectivity index (χ0n) is 12.2. The van der Waals surface area contributed by atoms with E-state index in [1.807, 2.05) is 6.07 Å². The van der Waals surface area contributed by atoms with E-state index in [1.165, 1.54) is 37.5 Å². The number of ketones is 1. The molecule has 0 atom stereocenters. The Labute approximate surface area is 132 Å². The van der Waals surface area contributed by atoms with Crippen molar-refractivity contribution in [3.8, 4) is 11.8 Å². The zero-order valence-corrected chi connectivity index (χ0v) is 12.2. The van der Waals surface area contributed by atoms with E-state index in [1.54, 1.807) is 24.3 Å². The fourth-order valence-electron chi connectivity index (χ4n) is 1.98. The Balaban J connectivity index is 2.37. The van der Waals surface area contributed by atoms with E-state index in [0.717, 1.165) is 0 Å². The molecule has 0 amide bonds. The summed E-state index contributed by atoms with van der Waals surface area (Å²) in [5.74, 6) is -0.0920. The molecular formula is C17H12N2O4. The SMILES string of the molecule is COc1ccccc1C(=O)/C(C#N)=C/c1ccc([N+](=O)[O-])cc1. The van der Waals surface area contributed by atoms with Gasteiger partial charge in [-0.25, -0.2) is 0 Å². The maximum Gasteiger partial charge on any atom is 0.269 e. The van der Waals surface area contributed by atoms with Crippen molar-refractivity contribution in [3.63, 3.8) is 0 Å². The van der Waals surface area contributed by atoms with Crippen molar-refractivity contribution in [1.82, 2.24) is 0 Å². The Hall–Kier alpha value is -3.46. The largest absolute Gasteiger partial charge is 0.496 e. The summed E-state index contributed by atoms with van der Waals surface area (Å²) in [4.78, 5) is 22.6. The predicted octanol–water partition coefficient (Wildman–Crippen LogP) is 3.39. The minimum absolute atomic E-state index is 0.0586. The monoisotopic (exact) mass is 308 g/mol. The second-order valence-electron chi connectivity index (χ2n) is 4.55. The van der Waals surface area contributed by atoms with E-state index in [2.05, 4.69) is 0 Å². The number of carbonyl (C=O) groups is 1. The van der Waals surface area contributed by atoms with Gasteiger partial charge in [-0.2, -0.15) is 5.26 Å². The highest BCUT2D eigenvalue weighted by Gasteiger charge is 2.16. The molecule has 0 saturated heterocycles. The van der Waals surface area contributed by atoms with Gasteiger partial charge in [0.15, 0.2) is 0 Å². The number of allylic oxidation sites excluding steroid dienone is 1. The first kappa shape index (κ1) is 15.9. The average Bonchev–Trinajstić information content (AvgIpc) is 2.59. The number of methoxy groups -OCH3 is 1. The summed E-state index contributed by atoms with van der Waals surface area (Å²) >= 11 is 0. The molecule has 114 valence electrons. The molecule has 0 aromatic heterocycles. The van der Waals surface area contributed by atoms with Crippen LogP contribution in [0.2, 0.25) is 0 Å². The quantitative estimate of drug-likeness (QED) is 0.277. The third-order valence-electron chi connectivity index (χ3n) is 3.13. The van der Waals surface area contributed by atoms with Crippen molar-refractivity contribution in [1.29, 1.82) is 5.26 Å². The molecule has 0 fully saturated rings. The molecule has 0 aliphatic carbocycles. The van der Waals surface area contributed by atoms with Gasteiger partial charge < -0.3 is 4.74 Å². The first-order chi connectivity index (χ1) is 11.1. The number of para-hydroxylation sites is 1. The molecular weight excluding hydrogens is 296 g/mol. The maximum absolute atomic E-state index is 12.5. The van der Waals surface area contributed by atoms with Crippen LogP contribution < -0.4 is 4.74 Å². The molecule has 0 N–H and O–H groups in total. The van der Waals surface area contributed by atoms with Crippen molar-refractivity contribution >= 4 is 17.5 Å². The van der Waals surface area contributed by atoms with Gasteiger partial charge in [-0.1, -0.05) is 12.1 Å². The van der Waals surface area contributed by atoms with E-state index in [-0.39, 0.29) is 16.8 Å². The molecule has 6 heteroatoms. The lowest BCUT2D eigenvalue weighted by Gasteiger charge is -2.06. The van der Waals surface area contributed by atoms with E-state index in [0.29, 0.717) is 11.3 Å². The fourth-order valence-corrected chi connectivity index (χ4v) is 1.98. The molecule has 0 aliphatic rings. The molecule has 0 aliphatic heterocycles. The van der Waals surface area contributed by atoms with E-state index < -0.39 is 10.7 Å². The van der Waals surface area contributed by atoms with Gasteiger partial charge >= 0.3 is 0 Å². The maximum atomic E-state index is 12.5. The molecule has 23 heavy (non-hydrogen) atoms. The van der Waals surface area contributed by atoms with Crippen molar-refractivity contribution in [2.45, 2.75) is 0 Å². The first-order valence-corrected chi connectivity index (χ1v) is 6.60. The standard InChI is InChI=1S/C17H12N2O4/c1-23-16-5-3-2-4-15(16)17(20)13(11-18)10-12-6-8-14(9-7-12)19(21)22/h2-10H,1H3/b13-10+. The number of non-ortho nitro benzene ring substituents is 1. The summed E-state index contributed by atoms with van der Waals surface area (Å²) in [6.45, 7) is 0. The van der Waals surface area contributed by atoms with Crippen LogP contribution in [0.1, 0.15) is 15.9 Å². The number of nitro benzene ring substituents is 1. The van der Waals surface area contributed by atoms with E-state index in [4.69, 9.17) is 4.74 Å². The molecule has 0 radical (unpaired) electrons. The number of nitro groups is 1. The van der Waals surface area contributed by atoms with Crippen molar-refractivity contribution in [3.05, 3.63) is 75.3 Å². The Morgan fingerprint density at radius 2 is 1.87 bits per heavy atom. The number of nitriles is 1. The van der Waals surface area contributed by atoms with Crippen LogP contribution in [0.4, 0.5) is 5.69 Å². The number of benzene rings is 2. The second kappa shape index (κ2) is 7.00. The van der Waals surface area contributed by atoms with Crippen LogP contribution >= 0.6 is 0 Å². The number of carbonyl (C=O) groups excluding carboxylic acids is 1. The lowest BCUT2D eigenvalue weighted by atomic mass is 10.0. The number of hydrogen-bond acceptors (Lipinski definition) is 5. The first-order valence-electron chi connectivity index (χ1n) is 6.60. The Bertz CT molecular complexity index is 817. The summed E-state index contributed by atoms with van der Waals surface area (Å²) in [5.41, 5.74) is 0.667. The molecule has 6 nitrogen and oxygen atoms in total. The molecule has 2 aromatic carbocycles. The molecule has 0 saturated carbocycles. The Morgan fingerprint density at radius 1 is 1.22 bits per heavy atom. The van der Waals surface area contributed by atoms with Crippen LogP contribution in [0.5, 0.6) is 5.75 Å². The minimum atomic E-state index is -0.515. The lowest BCUT2D eigenvalue weighted by molar-refractivity contribution is -0.384. The van der Waals surface area contributed by atoms with Crippen molar-refractivity contribution < 1.29 is 14.5 Å². The van der Waals surface area contributed by atoms with Gasteiger partial charge in [0.25, 0.3) is 5.69 Å². The Morgan fingerprint density at radius 3 is 2.43 bits per heavy atom. The van der Waals surface area contributed by atoms with Gasteiger partial charge in [-0.05, 0) is 35.9 Å². The van der Waals surface area contributed by atoms with Crippen molar-refractivity contribution in [2.75, 3.05) is 7.11 Å². The zero-order chi connectivity index (χ0) is 16.8. The molecule has 2 aromatic rings. The smallest absolute Gasteiger partial charge is 0.269 e. The van der Waals surface area contributed by atoms with Crippen LogP contribution in [0.15, 0.2) is 54.1 Å². The van der Waals surface area contributed by atoms with Gasteiger partial charge in [0, 0.05) is 12.1 Å². The number of Topliss-reactive ketones (excluding diaryl/α,β-unsaturated/α-hetero) is 1. The summed E-state index contributed by atoms with van der Waals surface area (Å²) < 4.78 is 5.12. The summed E-state index contributed by atoms with van der Waals surface area (Å²) in [6.07, 6.45) is 1.39. The second-order valence-corrected chi connectivity index (χ2v) is 4.55. The number of rotatable bonds is 5. The fraction of sp³-hybridized carbons (Fsp3) is 0.0588. The summed E-state index contributed by atoms with van der Waals surface area (Å²) in [7, 11) is 1.44. The van der Waals surface area contributed by atoms with Crippen molar-refractivity contribution in [2.24, 2.45) is 0 Å². The predicted molar refractivity (Wildman–Crippen MR) is 84.0 cm³/mol. The molecule has 0 bridgehead atoms. The van der Waals surface area contributed by atoms with Gasteiger partial charge in [-0.3, -0.25) is 14.9 Å². The Kier molecular flexibility index (Phi) is 4.85. The van der Waals surface area contributed by atoms with Crippen LogP contribution in [-0.2, 0) is 0 Å². The highest BCUT2D eigenvalue weighted by atomic mass is 16.6. The third kappa shape index (κ3) is 3.60. The normalized spacial score (nSPS) is 10.7. The van der Waals surface area contributed by atoms with Crippen LogP contribution in [0.3, 0.4) is 0 Å². The highest BCUT2D eigenvalue weighted by Crippen LogP contribution is 2.22. The molecule has 2 rings (SSSR count). The lowest BCUT2D eigenvalue weighted by Crippen LogP contribution is -2.04. The van der Waals surface area contributed by atoms with Crippen LogP contribution in [0.25, 0.3) is 6.08 Å². The van der Waals surface area contributed by atoms with E-state index in [9.17, 15) is 20.2 Å². The number of ether oxygens (including phenoxy) is 1. The molecule has 0 spiro atoms. The summed E-state index contributed by atoms with van der Waals surface area (Å²) in [6, 6.07) is 14.0. The van der Waals surface area contributed by atoms with Gasteiger partial charge in [0.1, 0.15) is 17.4 Å². The van der Waals surface area contributed by atoms with Gasteiger partial charge in [0.2, 0.25) is 5.78 Å². The molecule has 0 unspecified atom stereocenters. The van der Waals surface area contributed by atoms with Gasteiger partial charge in [-0.15, -0.1) is 0 Å². The number of hydrogen-bond donors (Lipinski definition) is 0. The minimum Gasteiger partial charge on any atom is -0.496 e. The van der Waals surface area contributed by atoms with E-state index >= 15 is 0 Å². The topological polar surface area (TPSA) is 93.2 Å². The van der Waals surface area contributed by atoms with Crippen LogP contribution in [-0.4, -0.2) is 17.8 Å². The van der Waals surface area contributed by atoms with Gasteiger partial charge in [0.05, 0.1) is 17.6 Å². The van der Waals surface area contributed by atoms with Crippen LogP contribution in [0, 0.1) is 21.4 Å². The average molecular weight is 308 g/mol.